The van der Waals surface area contributed by atoms with Gasteiger partial charge in [0.05, 0.1) is 10.6 Å². The lowest BCUT2D eigenvalue weighted by Crippen LogP contribution is -2.16. The van der Waals surface area contributed by atoms with Crippen molar-refractivity contribution in [2.75, 3.05) is 5.32 Å². The molecule has 3 heterocycles. The van der Waals surface area contributed by atoms with Crippen molar-refractivity contribution in [3.63, 3.8) is 0 Å². The molecule has 142 valence electrons. The highest BCUT2D eigenvalue weighted by atomic mass is 32.1. The summed E-state index contributed by atoms with van der Waals surface area (Å²) in [4.78, 5) is 20.7. The van der Waals surface area contributed by atoms with Gasteiger partial charge in [-0.3, -0.25) is 4.79 Å². The Morgan fingerprint density at radius 3 is 2.61 bits per heavy atom. The van der Waals surface area contributed by atoms with Crippen LogP contribution in [0.3, 0.4) is 0 Å². The maximum absolute atomic E-state index is 13.5. The number of benzene rings is 1. The van der Waals surface area contributed by atoms with Crippen LogP contribution in [0.2, 0.25) is 0 Å². The molecule has 6 nitrogen and oxygen atoms in total. The van der Waals surface area contributed by atoms with Gasteiger partial charge in [0.2, 0.25) is 5.82 Å². The van der Waals surface area contributed by atoms with Crippen molar-refractivity contribution in [1.82, 2.24) is 19.6 Å². The van der Waals surface area contributed by atoms with Gasteiger partial charge < -0.3 is 5.32 Å². The minimum absolute atomic E-state index is 0.0688. The molecule has 1 aromatic carbocycles. The average molecular weight is 407 g/mol. The molecule has 0 fully saturated rings. The fourth-order valence-corrected chi connectivity index (χ4v) is 3.16. The summed E-state index contributed by atoms with van der Waals surface area (Å²) < 4.78 is 54.2. The molecule has 4 rings (SSSR count). The first-order valence-electron chi connectivity index (χ1n) is 7.77. The quantitative estimate of drug-likeness (QED) is 0.515. The van der Waals surface area contributed by atoms with Gasteiger partial charge in [0, 0.05) is 5.69 Å². The van der Waals surface area contributed by atoms with E-state index in [-0.39, 0.29) is 17.2 Å². The SMILES string of the molecule is O=C(Nc1cccc(F)c1)c1nc2nc(-c3cccs3)cc(C(F)(F)F)n2n1. The molecule has 0 atom stereocenters. The summed E-state index contributed by atoms with van der Waals surface area (Å²) in [5.41, 5.74) is -0.926. The lowest BCUT2D eigenvalue weighted by atomic mass is 10.3. The third kappa shape index (κ3) is 3.43. The first-order chi connectivity index (χ1) is 13.3. The lowest BCUT2D eigenvalue weighted by Gasteiger charge is -2.09. The van der Waals surface area contributed by atoms with Crippen molar-refractivity contribution in [3.8, 4) is 10.6 Å². The number of aromatic nitrogens is 4. The summed E-state index contributed by atoms with van der Waals surface area (Å²) in [6.07, 6.45) is -4.74. The van der Waals surface area contributed by atoms with E-state index in [0.29, 0.717) is 9.39 Å². The molecule has 1 amide bonds. The topological polar surface area (TPSA) is 72.2 Å². The highest BCUT2D eigenvalue weighted by Crippen LogP contribution is 2.33. The molecule has 4 aromatic rings. The maximum atomic E-state index is 13.5. The number of hydrogen-bond donors (Lipinski definition) is 1. The van der Waals surface area contributed by atoms with Crippen molar-refractivity contribution in [2.24, 2.45) is 0 Å². The molecule has 0 saturated carbocycles. The number of rotatable bonds is 3. The van der Waals surface area contributed by atoms with Crippen molar-refractivity contribution < 1.29 is 22.4 Å². The molecule has 28 heavy (non-hydrogen) atoms. The maximum Gasteiger partial charge on any atom is 0.433 e. The Morgan fingerprint density at radius 1 is 1.11 bits per heavy atom. The van der Waals surface area contributed by atoms with Gasteiger partial charge in [-0.25, -0.2) is 9.37 Å². The zero-order valence-corrected chi connectivity index (χ0v) is 14.6. The van der Waals surface area contributed by atoms with E-state index in [1.807, 2.05) is 0 Å². The fourth-order valence-electron chi connectivity index (χ4n) is 2.47. The number of nitrogens with one attached hydrogen (secondary N) is 1. The van der Waals surface area contributed by atoms with Crippen LogP contribution in [0.4, 0.5) is 23.2 Å². The van der Waals surface area contributed by atoms with E-state index in [4.69, 9.17) is 0 Å². The monoisotopic (exact) mass is 407 g/mol. The normalized spacial score (nSPS) is 11.7. The van der Waals surface area contributed by atoms with Crippen LogP contribution in [-0.4, -0.2) is 25.5 Å². The average Bonchev–Trinajstić information content (AvgIpc) is 3.29. The van der Waals surface area contributed by atoms with Crippen LogP contribution in [0.1, 0.15) is 16.3 Å². The summed E-state index contributed by atoms with van der Waals surface area (Å²) in [5.74, 6) is -2.36. The minimum Gasteiger partial charge on any atom is -0.319 e. The van der Waals surface area contributed by atoms with E-state index in [0.717, 1.165) is 12.1 Å². The Labute approximate surface area is 158 Å². The van der Waals surface area contributed by atoms with Crippen LogP contribution in [0, 0.1) is 5.82 Å². The lowest BCUT2D eigenvalue weighted by molar-refractivity contribution is -0.142. The molecule has 11 heteroatoms. The van der Waals surface area contributed by atoms with Crippen LogP contribution >= 0.6 is 11.3 Å². The van der Waals surface area contributed by atoms with Gasteiger partial charge in [-0.1, -0.05) is 12.1 Å². The first kappa shape index (κ1) is 18.0. The van der Waals surface area contributed by atoms with Crippen molar-refractivity contribution in [1.29, 1.82) is 0 Å². The predicted molar refractivity (Wildman–Crippen MR) is 93.5 cm³/mol. The van der Waals surface area contributed by atoms with Gasteiger partial charge in [-0.15, -0.1) is 16.4 Å². The van der Waals surface area contributed by atoms with Crippen molar-refractivity contribution >= 4 is 28.7 Å². The zero-order valence-electron chi connectivity index (χ0n) is 13.7. The summed E-state index contributed by atoms with van der Waals surface area (Å²) in [6.45, 7) is 0. The van der Waals surface area contributed by atoms with E-state index < -0.39 is 29.4 Å². The number of anilines is 1. The molecule has 0 unspecified atom stereocenters. The van der Waals surface area contributed by atoms with E-state index in [1.54, 1.807) is 17.5 Å². The summed E-state index contributed by atoms with van der Waals surface area (Å²) in [7, 11) is 0. The Bertz CT molecular complexity index is 1170. The third-order valence-corrected chi connectivity index (χ3v) is 4.55. The smallest absolute Gasteiger partial charge is 0.319 e. The Kier molecular flexibility index (Phi) is 4.30. The van der Waals surface area contributed by atoms with Crippen molar-refractivity contribution in [3.05, 3.63) is 65.2 Å². The van der Waals surface area contributed by atoms with E-state index >= 15 is 0 Å². The molecule has 3 aromatic heterocycles. The Morgan fingerprint density at radius 2 is 1.93 bits per heavy atom. The second-order valence-electron chi connectivity index (χ2n) is 5.61. The molecule has 0 aliphatic heterocycles. The third-order valence-electron chi connectivity index (χ3n) is 3.66. The highest BCUT2D eigenvalue weighted by Gasteiger charge is 2.36. The standard InChI is InChI=1S/C17H9F4N5OS/c18-9-3-1-4-10(7-9)22-15(27)14-24-16-23-11(12-5-2-6-28-12)8-13(17(19,20)21)26(16)25-14/h1-8H,(H,22,27). The van der Waals surface area contributed by atoms with Gasteiger partial charge in [0.15, 0.2) is 5.69 Å². The number of alkyl halides is 3. The number of nitrogens with zero attached hydrogens (tertiary/aromatic N) is 4. The highest BCUT2D eigenvalue weighted by molar-refractivity contribution is 7.13. The van der Waals surface area contributed by atoms with Crippen LogP contribution in [0.25, 0.3) is 16.3 Å². The van der Waals surface area contributed by atoms with Gasteiger partial charge in [-0.05, 0) is 35.7 Å². The minimum atomic E-state index is -4.74. The summed E-state index contributed by atoms with van der Waals surface area (Å²) >= 11 is 1.22. The first-order valence-corrected chi connectivity index (χ1v) is 8.65. The number of amides is 1. The number of fused-ring (bicyclic) bond motifs is 1. The van der Waals surface area contributed by atoms with E-state index in [9.17, 15) is 22.4 Å². The predicted octanol–water partition coefficient (Wildman–Crippen LogP) is 4.26. The molecule has 0 saturated heterocycles. The van der Waals surface area contributed by atoms with E-state index in [2.05, 4.69) is 20.4 Å². The van der Waals surface area contributed by atoms with Gasteiger partial charge in [-0.2, -0.15) is 22.7 Å². The number of hydrogen-bond acceptors (Lipinski definition) is 5. The molecule has 0 spiro atoms. The van der Waals surface area contributed by atoms with Crippen LogP contribution < -0.4 is 5.32 Å². The molecule has 0 aliphatic rings. The molecule has 0 aliphatic carbocycles. The summed E-state index contributed by atoms with van der Waals surface area (Å²) in [5, 5.41) is 7.68. The number of halogens is 4. The molecule has 0 radical (unpaired) electrons. The molecular formula is C17H9F4N5OS. The summed E-state index contributed by atoms with van der Waals surface area (Å²) in [6, 6.07) is 9.19. The number of carbonyl (C=O) groups is 1. The van der Waals surface area contributed by atoms with Crippen LogP contribution in [-0.2, 0) is 6.18 Å². The largest absolute Gasteiger partial charge is 0.433 e. The second kappa shape index (κ2) is 6.68. The van der Waals surface area contributed by atoms with Crippen LogP contribution in [0.15, 0.2) is 47.8 Å². The van der Waals surface area contributed by atoms with Gasteiger partial charge in [0.25, 0.3) is 11.7 Å². The zero-order chi connectivity index (χ0) is 19.9. The van der Waals surface area contributed by atoms with Crippen molar-refractivity contribution in [2.45, 2.75) is 6.18 Å². The van der Waals surface area contributed by atoms with Gasteiger partial charge in [0.1, 0.15) is 5.82 Å². The number of carbonyl (C=O) groups excluding carboxylic acids is 1. The Hall–Kier alpha value is -3.34. The van der Waals surface area contributed by atoms with Crippen LogP contribution in [0.5, 0.6) is 0 Å². The van der Waals surface area contributed by atoms with E-state index in [1.165, 1.54) is 29.5 Å². The second-order valence-corrected chi connectivity index (χ2v) is 6.56. The fraction of sp³-hybridized carbons (Fsp3) is 0.0588. The molecular weight excluding hydrogens is 398 g/mol. The molecule has 0 bridgehead atoms. The number of thiophene rings is 1. The van der Waals surface area contributed by atoms with Gasteiger partial charge >= 0.3 is 6.18 Å². The molecule has 1 N–H and O–H groups in total. The Balaban J connectivity index is 1.78.